The molecular formula is C16H19N. The molecule has 1 heteroatoms. The Kier molecular flexibility index (Phi) is 3.19. The van der Waals surface area contributed by atoms with Gasteiger partial charge in [-0.2, -0.15) is 0 Å². The molecular weight excluding hydrogens is 206 g/mol. The van der Waals surface area contributed by atoms with Crippen molar-refractivity contribution in [2.75, 3.05) is 5.32 Å². The van der Waals surface area contributed by atoms with Crippen molar-refractivity contribution < 1.29 is 0 Å². The van der Waals surface area contributed by atoms with Gasteiger partial charge in [0.25, 0.3) is 0 Å². The van der Waals surface area contributed by atoms with Gasteiger partial charge in [-0.25, -0.2) is 0 Å². The van der Waals surface area contributed by atoms with Gasteiger partial charge in [-0.3, -0.25) is 0 Å². The second-order valence-electron chi connectivity index (χ2n) is 4.71. The van der Waals surface area contributed by atoms with Gasteiger partial charge < -0.3 is 5.32 Å². The summed E-state index contributed by atoms with van der Waals surface area (Å²) in [7, 11) is 0. The van der Waals surface area contributed by atoms with Crippen molar-refractivity contribution in [2.45, 2.75) is 27.7 Å². The van der Waals surface area contributed by atoms with Gasteiger partial charge in [0.05, 0.1) is 0 Å². The summed E-state index contributed by atoms with van der Waals surface area (Å²) in [5, 5.41) is 3.54. The zero-order valence-corrected chi connectivity index (χ0v) is 11.0. The molecule has 0 unspecified atom stereocenters. The molecule has 0 radical (unpaired) electrons. The van der Waals surface area contributed by atoms with Crippen LogP contribution < -0.4 is 5.32 Å². The van der Waals surface area contributed by atoms with E-state index < -0.39 is 0 Å². The molecule has 0 atom stereocenters. The number of nitrogens with one attached hydrogen (secondary N) is 1. The molecule has 2 rings (SSSR count). The number of aryl methyl sites for hydroxylation is 4. The fourth-order valence-corrected chi connectivity index (χ4v) is 2.23. The minimum Gasteiger partial charge on any atom is -0.355 e. The lowest BCUT2D eigenvalue weighted by Gasteiger charge is -2.15. The summed E-state index contributed by atoms with van der Waals surface area (Å²) in [6.07, 6.45) is 0. The van der Waals surface area contributed by atoms with E-state index in [0.717, 1.165) is 0 Å². The van der Waals surface area contributed by atoms with Crippen LogP contribution in [0.5, 0.6) is 0 Å². The fraction of sp³-hybridized carbons (Fsp3) is 0.250. The highest BCUT2D eigenvalue weighted by Crippen LogP contribution is 2.27. The number of para-hydroxylation sites is 1. The van der Waals surface area contributed by atoms with E-state index in [9.17, 15) is 0 Å². The molecule has 1 nitrogen and oxygen atoms in total. The van der Waals surface area contributed by atoms with Crippen molar-refractivity contribution in [3.05, 3.63) is 58.7 Å². The first-order valence-corrected chi connectivity index (χ1v) is 5.98. The molecule has 0 aliphatic rings. The molecule has 0 saturated carbocycles. The van der Waals surface area contributed by atoms with E-state index in [1.54, 1.807) is 0 Å². The largest absolute Gasteiger partial charge is 0.355 e. The highest BCUT2D eigenvalue weighted by Gasteiger charge is 2.05. The Morgan fingerprint density at radius 1 is 0.765 bits per heavy atom. The number of rotatable bonds is 2. The van der Waals surface area contributed by atoms with Gasteiger partial charge in [-0.1, -0.05) is 35.9 Å². The summed E-state index contributed by atoms with van der Waals surface area (Å²) in [6.45, 7) is 8.57. The third-order valence-electron chi connectivity index (χ3n) is 3.08. The van der Waals surface area contributed by atoms with E-state index in [0.29, 0.717) is 0 Å². The fourth-order valence-electron chi connectivity index (χ4n) is 2.23. The second-order valence-corrected chi connectivity index (χ2v) is 4.71. The van der Waals surface area contributed by atoms with E-state index >= 15 is 0 Å². The molecule has 0 heterocycles. The normalized spacial score (nSPS) is 10.4. The third-order valence-corrected chi connectivity index (χ3v) is 3.08. The molecule has 88 valence electrons. The predicted octanol–water partition coefficient (Wildman–Crippen LogP) is 4.66. The van der Waals surface area contributed by atoms with E-state index in [-0.39, 0.29) is 0 Å². The topological polar surface area (TPSA) is 12.0 Å². The average molecular weight is 225 g/mol. The summed E-state index contributed by atoms with van der Waals surface area (Å²) in [5.41, 5.74) is 7.59. The summed E-state index contributed by atoms with van der Waals surface area (Å²) < 4.78 is 0. The maximum absolute atomic E-state index is 3.54. The smallest absolute Gasteiger partial charge is 0.0443 e. The number of benzene rings is 2. The van der Waals surface area contributed by atoms with Crippen LogP contribution in [0.15, 0.2) is 36.4 Å². The van der Waals surface area contributed by atoms with Gasteiger partial charge in [0.15, 0.2) is 0 Å². The first-order chi connectivity index (χ1) is 8.08. The monoisotopic (exact) mass is 225 g/mol. The molecule has 0 spiro atoms. The predicted molar refractivity (Wildman–Crippen MR) is 75.1 cm³/mol. The minimum atomic E-state index is 1.18. The molecule has 17 heavy (non-hydrogen) atoms. The van der Waals surface area contributed by atoms with E-state index in [2.05, 4.69) is 69.4 Å². The number of hydrogen-bond acceptors (Lipinski definition) is 1. The first kappa shape index (κ1) is 11.7. The SMILES string of the molecule is Cc1cc(C)c(Nc2ccccc2C)c(C)c1. The van der Waals surface area contributed by atoms with Crippen molar-refractivity contribution in [1.82, 2.24) is 0 Å². The van der Waals surface area contributed by atoms with Crippen LogP contribution in [0.1, 0.15) is 22.3 Å². The first-order valence-electron chi connectivity index (χ1n) is 5.98. The highest BCUT2D eigenvalue weighted by atomic mass is 14.9. The quantitative estimate of drug-likeness (QED) is 0.783. The average Bonchev–Trinajstić information content (AvgIpc) is 2.25. The Hall–Kier alpha value is -1.76. The molecule has 0 amide bonds. The number of anilines is 2. The van der Waals surface area contributed by atoms with Gasteiger partial charge in [0.1, 0.15) is 0 Å². The van der Waals surface area contributed by atoms with Crippen molar-refractivity contribution in [2.24, 2.45) is 0 Å². The van der Waals surface area contributed by atoms with Crippen LogP contribution >= 0.6 is 0 Å². The standard InChI is InChI=1S/C16H19N/c1-11-9-13(3)16(14(4)10-11)17-15-8-6-5-7-12(15)2/h5-10,17H,1-4H3. The second kappa shape index (κ2) is 4.62. The molecule has 0 aromatic heterocycles. The highest BCUT2D eigenvalue weighted by molar-refractivity contribution is 5.69. The maximum Gasteiger partial charge on any atom is 0.0443 e. The molecule has 1 N–H and O–H groups in total. The van der Waals surface area contributed by atoms with Crippen LogP contribution in [-0.2, 0) is 0 Å². The van der Waals surface area contributed by atoms with Crippen LogP contribution in [0.2, 0.25) is 0 Å². The van der Waals surface area contributed by atoms with Crippen molar-refractivity contribution >= 4 is 11.4 Å². The Morgan fingerprint density at radius 3 is 1.94 bits per heavy atom. The van der Waals surface area contributed by atoms with Crippen LogP contribution in [-0.4, -0.2) is 0 Å². The number of hydrogen-bond donors (Lipinski definition) is 1. The Morgan fingerprint density at radius 2 is 1.35 bits per heavy atom. The van der Waals surface area contributed by atoms with Gasteiger partial charge in [0, 0.05) is 11.4 Å². The molecule has 2 aromatic rings. The Labute approximate surface area is 103 Å². The Balaban J connectivity index is 2.40. The molecule has 0 aliphatic heterocycles. The van der Waals surface area contributed by atoms with E-state index in [1.165, 1.54) is 33.6 Å². The lowest BCUT2D eigenvalue weighted by molar-refractivity contribution is 1.30. The summed E-state index contributed by atoms with van der Waals surface area (Å²) in [4.78, 5) is 0. The summed E-state index contributed by atoms with van der Waals surface area (Å²) in [5.74, 6) is 0. The van der Waals surface area contributed by atoms with Crippen LogP contribution in [0.3, 0.4) is 0 Å². The molecule has 0 saturated heterocycles. The molecule has 0 bridgehead atoms. The van der Waals surface area contributed by atoms with Gasteiger partial charge in [0.2, 0.25) is 0 Å². The summed E-state index contributed by atoms with van der Waals surface area (Å²) in [6, 6.07) is 12.8. The summed E-state index contributed by atoms with van der Waals surface area (Å²) >= 11 is 0. The van der Waals surface area contributed by atoms with Crippen molar-refractivity contribution in [1.29, 1.82) is 0 Å². The van der Waals surface area contributed by atoms with Crippen LogP contribution in [0.25, 0.3) is 0 Å². The zero-order chi connectivity index (χ0) is 12.4. The van der Waals surface area contributed by atoms with E-state index in [4.69, 9.17) is 0 Å². The lowest BCUT2D eigenvalue weighted by Crippen LogP contribution is -1.98. The lowest BCUT2D eigenvalue weighted by atomic mass is 10.0. The third kappa shape index (κ3) is 2.50. The zero-order valence-electron chi connectivity index (χ0n) is 11.0. The Bertz CT molecular complexity index is 518. The van der Waals surface area contributed by atoms with Crippen LogP contribution in [0, 0.1) is 27.7 Å². The van der Waals surface area contributed by atoms with Gasteiger partial charge in [-0.05, 0) is 50.5 Å². The van der Waals surface area contributed by atoms with Crippen molar-refractivity contribution in [3.8, 4) is 0 Å². The molecule has 0 fully saturated rings. The minimum absolute atomic E-state index is 1.18. The maximum atomic E-state index is 3.54. The van der Waals surface area contributed by atoms with Gasteiger partial charge >= 0.3 is 0 Å². The molecule has 0 aliphatic carbocycles. The van der Waals surface area contributed by atoms with Crippen molar-refractivity contribution in [3.63, 3.8) is 0 Å². The van der Waals surface area contributed by atoms with E-state index in [1.807, 2.05) is 0 Å². The van der Waals surface area contributed by atoms with Crippen LogP contribution in [0.4, 0.5) is 11.4 Å². The molecule has 2 aromatic carbocycles. The van der Waals surface area contributed by atoms with Gasteiger partial charge in [-0.15, -0.1) is 0 Å².